The quantitative estimate of drug-likeness (QED) is 0.838. The van der Waals surface area contributed by atoms with Crippen molar-refractivity contribution >= 4 is 11.8 Å². The van der Waals surface area contributed by atoms with E-state index >= 15 is 0 Å². The molecule has 1 spiro atoms. The number of nitrogens with one attached hydrogen (secondary N) is 1. The molecular weight excluding hydrogens is 258 g/mol. The lowest BCUT2D eigenvalue weighted by atomic mass is 9.89. The number of nitrogens with zero attached hydrogens (tertiary/aromatic N) is 2. The zero-order valence-corrected chi connectivity index (χ0v) is 11.6. The average molecular weight is 277 g/mol. The molecule has 0 unspecified atom stereocenters. The van der Waals surface area contributed by atoms with Gasteiger partial charge in [-0.15, -0.1) is 0 Å². The summed E-state index contributed by atoms with van der Waals surface area (Å²) in [6, 6.07) is 0. The molecule has 0 aliphatic carbocycles. The topological polar surface area (TPSA) is 75.4 Å². The van der Waals surface area contributed by atoms with Crippen LogP contribution in [0.3, 0.4) is 0 Å². The number of aromatic nitrogens is 1. The highest BCUT2D eigenvalue weighted by Crippen LogP contribution is 2.31. The van der Waals surface area contributed by atoms with E-state index in [2.05, 4.69) is 10.5 Å². The number of likely N-dealkylation sites (tertiary alicyclic amines) is 1. The molecule has 2 aliphatic heterocycles. The molecule has 6 nitrogen and oxygen atoms in total. The van der Waals surface area contributed by atoms with E-state index in [1.54, 1.807) is 6.92 Å². The Morgan fingerprint density at radius 3 is 2.90 bits per heavy atom. The molecule has 2 fully saturated rings. The fourth-order valence-corrected chi connectivity index (χ4v) is 3.22. The lowest BCUT2D eigenvalue weighted by Gasteiger charge is -2.27. The summed E-state index contributed by atoms with van der Waals surface area (Å²) in [6.07, 6.45) is 5.67. The van der Waals surface area contributed by atoms with E-state index < -0.39 is 0 Å². The van der Waals surface area contributed by atoms with Gasteiger partial charge in [-0.25, -0.2) is 0 Å². The SMILES string of the molecule is Cc1oncc1C(=O)N1CCC[C@@]2(CCC(=O)N2)CC1. The van der Waals surface area contributed by atoms with Crippen LogP contribution in [-0.4, -0.2) is 40.5 Å². The van der Waals surface area contributed by atoms with E-state index in [-0.39, 0.29) is 17.4 Å². The monoisotopic (exact) mass is 277 g/mol. The van der Waals surface area contributed by atoms with Crippen LogP contribution in [0.2, 0.25) is 0 Å². The number of carbonyl (C=O) groups is 2. The summed E-state index contributed by atoms with van der Waals surface area (Å²) < 4.78 is 4.96. The predicted octanol–water partition coefficient (Wildman–Crippen LogP) is 1.26. The maximum atomic E-state index is 12.4. The number of amides is 2. The Hall–Kier alpha value is -1.85. The molecule has 1 N–H and O–H groups in total. The van der Waals surface area contributed by atoms with Crippen molar-refractivity contribution in [3.63, 3.8) is 0 Å². The zero-order chi connectivity index (χ0) is 14.2. The molecule has 3 heterocycles. The van der Waals surface area contributed by atoms with Crippen molar-refractivity contribution in [3.8, 4) is 0 Å². The highest BCUT2D eigenvalue weighted by atomic mass is 16.5. The summed E-state index contributed by atoms with van der Waals surface area (Å²) in [5.74, 6) is 0.674. The van der Waals surface area contributed by atoms with Gasteiger partial charge in [-0.1, -0.05) is 5.16 Å². The van der Waals surface area contributed by atoms with Crippen LogP contribution >= 0.6 is 0 Å². The van der Waals surface area contributed by atoms with Crippen LogP contribution in [0, 0.1) is 6.92 Å². The van der Waals surface area contributed by atoms with Gasteiger partial charge in [0.05, 0.1) is 6.20 Å². The van der Waals surface area contributed by atoms with Gasteiger partial charge in [-0.2, -0.15) is 0 Å². The second-order valence-corrected chi connectivity index (χ2v) is 5.77. The zero-order valence-electron chi connectivity index (χ0n) is 11.6. The number of hydrogen-bond acceptors (Lipinski definition) is 4. The highest BCUT2D eigenvalue weighted by Gasteiger charge is 2.39. The summed E-state index contributed by atoms with van der Waals surface area (Å²) in [5, 5.41) is 6.77. The Bertz CT molecular complexity index is 540. The molecule has 1 atom stereocenters. The van der Waals surface area contributed by atoms with Gasteiger partial charge in [0.2, 0.25) is 5.91 Å². The molecule has 20 heavy (non-hydrogen) atoms. The van der Waals surface area contributed by atoms with Crippen molar-refractivity contribution in [3.05, 3.63) is 17.5 Å². The number of hydrogen-bond donors (Lipinski definition) is 1. The van der Waals surface area contributed by atoms with Crippen molar-refractivity contribution in [2.24, 2.45) is 0 Å². The Balaban J connectivity index is 1.70. The van der Waals surface area contributed by atoms with E-state index in [1.807, 2.05) is 4.90 Å². The Morgan fingerprint density at radius 1 is 1.40 bits per heavy atom. The summed E-state index contributed by atoms with van der Waals surface area (Å²) in [6.45, 7) is 3.14. The summed E-state index contributed by atoms with van der Waals surface area (Å²) in [5.41, 5.74) is 0.451. The lowest BCUT2D eigenvalue weighted by Crippen LogP contribution is -2.42. The van der Waals surface area contributed by atoms with Gasteiger partial charge in [-0.05, 0) is 32.6 Å². The van der Waals surface area contributed by atoms with Gasteiger partial charge < -0.3 is 14.7 Å². The first-order valence-corrected chi connectivity index (χ1v) is 7.11. The highest BCUT2D eigenvalue weighted by molar-refractivity contribution is 5.94. The predicted molar refractivity (Wildman–Crippen MR) is 71.1 cm³/mol. The molecule has 6 heteroatoms. The second-order valence-electron chi connectivity index (χ2n) is 5.77. The lowest BCUT2D eigenvalue weighted by molar-refractivity contribution is -0.119. The number of carbonyl (C=O) groups excluding carboxylic acids is 2. The van der Waals surface area contributed by atoms with Gasteiger partial charge in [0, 0.05) is 25.0 Å². The minimum atomic E-state index is -0.0875. The standard InChI is InChI=1S/C14H19N3O3/c1-10-11(9-15-20-10)13(19)17-7-2-4-14(6-8-17)5-3-12(18)16-14/h9H,2-8H2,1H3,(H,16,18)/t14-/m1/s1. The molecule has 1 aromatic rings. The van der Waals surface area contributed by atoms with Crippen LogP contribution < -0.4 is 5.32 Å². The van der Waals surface area contributed by atoms with Crippen LogP contribution in [0.4, 0.5) is 0 Å². The minimum Gasteiger partial charge on any atom is -0.361 e. The molecule has 2 aliphatic rings. The Labute approximate surface area is 117 Å². The van der Waals surface area contributed by atoms with Crippen LogP contribution in [0.25, 0.3) is 0 Å². The molecule has 0 aromatic carbocycles. The minimum absolute atomic E-state index is 0.0230. The van der Waals surface area contributed by atoms with Gasteiger partial charge in [-0.3, -0.25) is 9.59 Å². The van der Waals surface area contributed by atoms with Crippen LogP contribution in [0.1, 0.15) is 48.2 Å². The molecule has 0 bridgehead atoms. The van der Waals surface area contributed by atoms with Crippen molar-refractivity contribution in [1.82, 2.24) is 15.4 Å². The molecule has 3 rings (SSSR count). The maximum Gasteiger partial charge on any atom is 0.259 e. The van der Waals surface area contributed by atoms with E-state index in [4.69, 9.17) is 4.52 Å². The van der Waals surface area contributed by atoms with Gasteiger partial charge in [0.15, 0.2) is 0 Å². The van der Waals surface area contributed by atoms with E-state index in [0.29, 0.717) is 24.3 Å². The van der Waals surface area contributed by atoms with Gasteiger partial charge in [0.25, 0.3) is 5.91 Å². The van der Waals surface area contributed by atoms with Crippen molar-refractivity contribution < 1.29 is 14.1 Å². The molecule has 108 valence electrons. The molecule has 2 saturated heterocycles. The first kappa shape index (κ1) is 13.1. The average Bonchev–Trinajstić information content (AvgIpc) is 2.93. The van der Waals surface area contributed by atoms with Crippen LogP contribution in [0.15, 0.2) is 10.7 Å². The van der Waals surface area contributed by atoms with E-state index in [9.17, 15) is 9.59 Å². The van der Waals surface area contributed by atoms with Gasteiger partial charge in [0.1, 0.15) is 11.3 Å². The van der Waals surface area contributed by atoms with Crippen molar-refractivity contribution in [1.29, 1.82) is 0 Å². The molecule has 1 aromatic heterocycles. The molecule has 2 amide bonds. The third-order valence-electron chi connectivity index (χ3n) is 4.45. The van der Waals surface area contributed by atoms with Crippen LogP contribution in [0.5, 0.6) is 0 Å². The molecule has 0 saturated carbocycles. The van der Waals surface area contributed by atoms with E-state index in [0.717, 1.165) is 32.2 Å². The van der Waals surface area contributed by atoms with Crippen molar-refractivity contribution in [2.45, 2.75) is 44.6 Å². The second kappa shape index (κ2) is 4.92. The summed E-state index contributed by atoms with van der Waals surface area (Å²) in [4.78, 5) is 25.7. The number of aryl methyl sites for hydroxylation is 1. The normalized spacial score (nSPS) is 26.6. The summed E-state index contributed by atoms with van der Waals surface area (Å²) in [7, 11) is 0. The van der Waals surface area contributed by atoms with Gasteiger partial charge >= 0.3 is 0 Å². The molecular formula is C14H19N3O3. The van der Waals surface area contributed by atoms with Crippen molar-refractivity contribution in [2.75, 3.05) is 13.1 Å². The third kappa shape index (κ3) is 2.30. The fourth-order valence-electron chi connectivity index (χ4n) is 3.22. The van der Waals surface area contributed by atoms with Crippen LogP contribution in [-0.2, 0) is 4.79 Å². The fraction of sp³-hybridized carbons (Fsp3) is 0.643. The first-order valence-electron chi connectivity index (χ1n) is 7.11. The first-order chi connectivity index (χ1) is 9.60. The maximum absolute atomic E-state index is 12.4. The third-order valence-corrected chi connectivity index (χ3v) is 4.45. The molecule has 0 radical (unpaired) electrons. The smallest absolute Gasteiger partial charge is 0.259 e. The Kier molecular flexibility index (Phi) is 3.23. The van der Waals surface area contributed by atoms with E-state index in [1.165, 1.54) is 6.20 Å². The largest absolute Gasteiger partial charge is 0.361 e. The summed E-state index contributed by atoms with van der Waals surface area (Å²) >= 11 is 0. The Morgan fingerprint density at radius 2 is 2.25 bits per heavy atom. The number of rotatable bonds is 1.